The van der Waals surface area contributed by atoms with E-state index in [1.807, 2.05) is 25.1 Å². The van der Waals surface area contributed by atoms with Crippen molar-refractivity contribution in [3.8, 4) is 5.75 Å². The van der Waals surface area contributed by atoms with Gasteiger partial charge in [0.1, 0.15) is 5.75 Å². The van der Waals surface area contributed by atoms with Gasteiger partial charge in [-0.05, 0) is 67.2 Å². The minimum atomic E-state index is -0.390. The highest BCUT2D eigenvalue weighted by atomic mass is 79.9. The first-order valence-corrected chi connectivity index (χ1v) is 12.7. The number of rotatable bonds is 5. The van der Waals surface area contributed by atoms with Crippen LogP contribution in [0.4, 0.5) is 11.4 Å². The van der Waals surface area contributed by atoms with Crippen LogP contribution in [0.25, 0.3) is 0 Å². The number of nitrogens with one attached hydrogen (secondary N) is 2. The van der Waals surface area contributed by atoms with Gasteiger partial charge < -0.3 is 24.3 Å². The molecule has 1 aliphatic heterocycles. The maximum absolute atomic E-state index is 12.8. The maximum atomic E-state index is 12.8. The summed E-state index contributed by atoms with van der Waals surface area (Å²) in [6, 6.07) is 12.4. The first kappa shape index (κ1) is 26.0. The Morgan fingerprint density at radius 1 is 1.14 bits per heavy atom. The van der Waals surface area contributed by atoms with E-state index in [0.29, 0.717) is 54.0 Å². The summed E-state index contributed by atoms with van der Waals surface area (Å²) in [6.07, 6.45) is 1.49. The normalized spacial score (nSPS) is 13.3. The van der Waals surface area contributed by atoms with Gasteiger partial charge in [-0.15, -0.1) is 0 Å². The number of benzene rings is 2. The SMILES string of the molecule is COc1c(C)cc(Br)cc1C(=O)NC(=S)Nc1ccc(N2CCN(C(=O)c3ccco3)CC2)c(Cl)c1. The number of furan rings is 1. The molecule has 0 radical (unpaired) electrons. The quantitative estimate of drug-likeness (QED) is 0.399. The fraction of sp³-hybridized carbons (Fsp3) is 0.240. The van der Waals surface area contributed by atoms with Crippen LogP contribution >= 0.6 is 39.7 Å². The highest BCUT2D eigenvalue weighted by molar-refractivity contribution is 9.10. The largest absolute Gasteiger partial charge is 0.496 e. The molecule has 2 N–H and O–H groups in total. The molecule has 8 nitrogen and oxygen atoms in total. The highest BCUT2D eigenvalue weighted by Gasteiger charge is 2.25. The van der Waals surface area contributed by atoms with Crippen molar-refractivity contribution in [2.24, 2.45) is 0 Å². The van der Waals surface area contributed by atoms with Crippen molar-refractivity contribution in [1.82, 2.24) is 10.2 Å². The fourth-order valence-corrected chi connectivity index (χ4v) is 5.13. The zero-order valence-electron chi connectivity index (χ0n) is 19.6. The molecule has 0 spiro atoms. The molecule has 11 heteroatoms. The molecule has 1 saturated heterocycles. The summed E-state index contributed by atoms with van der Waals surface area (Å²) in [5, 5.41) is 6.34. The topological polar surface area (TPSA) is 87.0 Å². The van der Waals surface area contributed by atoms with E-state index >= 15 is 0 Å². The summed E-state index contributed by atoms with van der Waals surface area (Å²) >= 11 is 15.3. The van der Waals surface area contributed by atoms with Gasteiger partial charge in [0.25, 0.3) is 11.8 Å². The van der Waals surface area contributed by atoms with E-state index in [-0.39, 0.29) is 11.0 Å². The van der Waals surface area contributed by atoms with E-state index in [0.717, 1.165) is 15.7 Å². The Bertz CT molecular complexity index is 1290. The van der Waals surface area contributed by atoms with Crippen molar-refractivity contribution in [3.05, 3.63) is 75.1 Å². The lowest BCUT2D eigenvalue weighted by atomic mass is 10.1. The third-order valence-corrected chi connectivity index (χ3v) is 6.72. The van der Waals surface area contributed by atoms with Crippen LogP contribution in [0, 0.1) is 6.92 Å². The molecule has 0 aliphatic carbocycles. The Hall–Kier alpha value is -3.08. The number of anilines is 2. The standard InChI is InChI=1S/C25H24BrClN4O4S/c1-15-12-16(26)13-18(22(15)34-2)23(32)29-25(36)28-17-5-6-20(19(27)14-17)30-7-9-31(10-8-30)24(33)21-4-3-11-35-21/h3-6,11-14H,7-10H2,1-2H3,(H2,28,29,32,36). The number of carbonyl (C=O) groups is 2. The van der Waals surface area contributed by atoms with Gasteiger partial charge in [-0.2, -0.15) is 0 Å². The first-order chi connectivity index (χ1) is 17.3. The third kappa shape index (κ3) is 5.83. The summed E-state index contributed by atoms with van der Waals surface area (Å²) in [5.74, 6) is 0.320. The molecule has 36 heavy (non-hydrogen) atoms. The molecule has 2 amide bonds. The Kier molecular flexibility index (Phi) is 8.17. The molecule has 2 aromatic carbocycles. The van der Waals surface area contributed by atoms with Crippen LogP contribution in [0.15, 0.2) is 57.6 Å². The van der Waals surface area contributed by atoms with Crippen LogP contribution < -0.4 is 20.3 Å². The number of carbonyl (C=O) groups excluding carboxylic acids is 2. The molecule has 0 unspecified atom stereocenters. The van der Waals surface area contributed by atoms with Crippen molar-refractivity contribution in [3.63, 3.8) is 0 Å². The predicted molar refractivity (Wildman–Crippen MR) is 147 cm³/mol. The molecule has 1 fully saturated rings. The summed E-state index contributed by atoms with van der Waals surface area (Å²) in [6.45, 7) is 4.26. The smallest absolute Gasteiger partial charge is 0.289 e. The molecule has 188 valence electrons. The molecule has 0 saturated carbocycles. The molecule has 1 aliphatic rings. The summed E-state index contributed by atoms with van der Waals surface area (Å²) in [7, 11) is 1.52. The molecule has 1 aromatic heterocycles. The van der Waals surface area contributed by atoms with Gasteiger partial charge in [-0.1, -0.05) is 27.5 Å². The van der Waals surface area contributed by atoms with Crippen molar-refractivity contribution >= 4 is 68.1 Å². The number of methoxy groups -OCH3 is 1. The number of amides is 2. The molecule has 0 atom stereocenters. The number of hydrogen-bond donors (Lipinski definition) is 2. The second-order valence-corrected chi connectivity index (χ2v) is 9.87. The predicted octanol–water partition coefficient (Wildman–Crippen LogP) is 5.10. The summed E-state index contributed by atoms with van der Waals surface area (Å²) in [5.41, 5.74) is 2.69. The maximum Gasteiger partial charge on any atom is 0.289 e. The molecular weight excluding hydrogens is 568 g/mol. The van der Waals surface area contributed by atoms with E-state index in [4.69, 9.17) is 33.0 Å². The van der Waals surface area contributed by atoms with E-state index in [1.165, 1.54) is 13.4 Å². The minimum absolute atomic E-state index is 0.114. The highest BCUT2D eigenvalue weighted by Crippen LogP contribution is 2.30. The van der Waals surface area contributed by atoms with Crippen molar-refractivity contribution in [2.45, 2.75) is 6.92 Å². The number of halogens is 2. The Morgan fingerprint density at radius 2 is 1.89 bits per heavy atom. The van der Waals surface area contributed by atoms with Crippen molar-refractivity contribution in [1.29, 1.82) is 0 Å². The number of nitrogens with zero attached hydrogens (tertiary/aromatic N) is 2. The fourth-order valence-electron chi connectivity index (χ4n) is 4.05. The average Bonchev–Trinajstić information content (AvgIpc) is 3.38. The van der Waals surface area contributed by atoms with Crippen LogP contribution in [-0.2, 0) is 0 Å². The van der Waals surface area contributed by atoms with Gasteiger partial charge in [0.2, 0.25) is 0 Å². The van der Waals surface area contributed by atoms with E-state index in [9.17, 15) is 9.59 Å². The van der Waals surface area contributed by atoms with Gasteiger partial charge in [0.05, 0.1) is 29.6 Å². The van der Waals surface area contributed by atoms with E-state index in [2.05, 4.69) is 31.5 Å². The second kappa shape index (κ2) is 11.3. The lowest BCUT2D eigenvalue weighted by molar-refractivity contribution is 0.0714. The number of thiocarbonyl (C=S) groups is 1. The van der Waals surface area contributed by atoms with Crippen molar-refractivity contribution < 1.29 is 18.7 Å². The molecular formula is C25H24BrClN4O4S. The van der Waals surface area contributed by atoms with E-state index in [1.54, 1.807) is 29.2 Å². The van der Waals surface area contributed by atoms with Gasteiger partial charge in [-0.3, -0.25) is 14.9 Å². The Labute approximate surface area is 227 Å². The zero-order valence-corrected chi connectivity index (χ0v) is 22.8. The van der Waals surface area contributed by atoms with Gasteiger partial charge in [0, 0.05) is 36.3 Å². The molecule has 0 bridgehead atoms. The second-order valence-electron chi connectivity index (χ2n) is 8.13. The van der Waals surface area contributed by atoms with Crippen LogP contribution in [0.2, 0.25) is 5.02 Å². The lowest BCUT2D eigenvalue weighted by Crippen LogP contribution is -2.48. The lowest BCUT2D eigenvalue weighted by Gasteiger charge is -2.36. The number of ether oxygens (including phenoxy) is 1. The van der Waals surface area contributed by atoms with Crippen molar-refractivity contribution in [2.75, 3.05) is 43.5 Å². The van der Waals surface area contributed by atoms with Gasteiger partial charge in [0.15, 0.2) is 10.9 Å². The van der Waals surface area contributed by atoms with Gasteiger partial charge >= 0.3 is 0 Å². The third-order valence-electron chi connectivity index (χ3n) is 5.76. The van der Waals surface area contributed by atoms with Crippen LogP contribution in [0.1, 0.15) is 26.5 Å². The zero-order chi connectivity index (χ0) is 25.8. The number of piperazine rings is 1. The molecule has 3 aromatic rings. The monoisotopic (exact) mass is 590 g/mol. The first-order valence-electron chi connectivity index (χ1n) is 11.1. The van der Waals surface area contributed by atoms with Crippen LogP contribution in [0.5, 0.6) is 5.75 Å². The summed E-state index contributed by atoms with van der Waals surface area (Å²) in [4.78, 5) is 29.2. The summed E-state index contributed by atoms with van der Waals surface area (Å²) < 4.78 is 11.4. The minimum Gasteiger partial charge on any atom is -0.496 e. The number of aryl methyl sites for hydroxylation is 1. The average molecular weight is 592 g/mol. The van der Waals surface area contributed by atoms with Crippen LogP contribution in [-0.4, -0.2) is 55.1 Å². The Balaban J connectivity index is 1.36. The molecule has 4 rings (SSSR count). The van der Waals surface area contributed by atoms with Crippen LogP contribution in [0.3, 0.4) is 0 Å². The Morgan fingerprint density at radius 3 is 2.53 bits per heavy atom. The number of hydrogen-bond acceptors (Lipinski definition) is 6. The van der Waals surface area contributed by atoms with E-state index < -0.39 is 5.91 Å². The van der Waals surface area contributed by atoms with Gasteiger partial charge in [-0.25, -0.2) is 0 Å². The molecule has 2 heterocycles.